The number of carbonyl (C=O) groups is 1. The van der Waals surface area contributed by atoms with E-state index in [2.05, 4.69) is 26.0 Å². The summed E-state index contributed by atoms with van der Waals surface area (Å²) in [7, 11) is 0. The van der Waals surface area contributed by atoms with Crippen LogP contribution >= 0.6 is 11.8 Å². The van der Waals surface area contributed by atoms with E-state index in [0.29, 0.717) is 16.7 Å². The second-order valence-corrected chi connectivity index (χ2v) is 6.24. The number of hydrogen-bond donors (Lipinski definition) is 1. The van der Waals surface area contributed by atoms with E-state index in [1.807, 2.05) is 32.0 Å². The van der Waals surface area contributed by atoms with Gasteiger partial charge in [-0.25, -0.2) is 0 Å². The fourth-order valence-corrected chi connectivity index (χ4v) is 2.71. The Bertz CT molecular complexity index is 872. The first-order valence-corrected chi connectivity index (χ1v) is 8.23. The highest BCUT2D eigenvalue weighted by atomic mass is 32.2. The van der Waals surface area contributed by atoms with E-state index in [0.717, 1.165) is 11.3 Å². The third-order valence-corrected chi connectivity index (χ3v) is 4.32. The number of nitrogens with zero attached hydrogens (tertiary/aromatic N) is 5. The van der Waals surface area contributed by atoms with Gasteiger partial charge in [-0.3, -0.25) is 4.79 Å². The van der Waals surface area contributed by atoms with E-state index in [1.54, 1.807) is 17.7 Å². The number of tetrazole rings is 1. The maximum absolute atomic E-state index is 12.0. The van der Waals surface area contributed by atoms with Crippen molar-refractivity contribution in [2.24, 2.45) is 0 Å². The van der Waals surface area contributed by atoms with Gasteiger partial charge in [-0.15, -0.1) is 5.10 Å². The van der Waals surface area contributed by atoms with E-state index < -0.39 is 0 Å². The first-order valence-electron chi connectivity index (χ1n) is 7.25. The number of aromatic nitrogens is 5. The summed E-state index contributed by atoms with van der Waals surface area (Å²) < 4.78 is 6.52. The van der Waals surface area contributed by atoms with Gasteiger partial charge in [-0.05, 0) is 54.5 Å². The van der Waals surface area contributed by atoms with Crippen molar-refractivity contribution in [3.8, 4) is 5.69 Å². The summed E-state index contributed by atoms with van der Waals surface area (Å²) in [4.78, 5) is 12.0. The van der Waals surface area contributed by atoms with E-state index >= 15 is 0 Å². The normalized spacial score (nSPS) is 10.8. The predicted octanol–water partition coefficient (Wildman–Crippen LogP) is 2.31. The molecule has 0 bridgehead atoms. The molecule has 0 unspecified atom stereocenters. The van der Waals surface area contributed by atoms with Gasteiger partial charge in [0.25, 0.3) is 0 Å². The van der Waals surface area contributed by atoms with E-state index in [4.69, 9.17) is 4.52 Å². The third-order valence-electron chi connectivity index (χ3n) is 3.40. The van der Waals surface area contributed by atoms with Crippen molar-refractivity contribution < 1.29 is 9.32 Å². The van der Waals surface area contributed by atoms with Crippen molar-refractivity contribution >= 4 is 23.5 Å². The molecular formula is C15H16N6O2S. The summed E-state index contributed by atoms with van der Waals surface area (Å²) in [6, 6.07) is 7.62. The average Bonchev–Trinajstić information content (AvgIpc) is 3.17. The van der Waals surface area contributed by atoms with Gasteiger partial charge in [0.2, 0.25) is 11.1 Å². The molecule has 0 saturated carbocycles. The second-order valence-electron chi connectivity index (χ2n) is 5.30. The topological polar surface area (TPSA) is 98.7 Å². The van der Waals surface area contributed by atoms with Gasteiger partial charge in [0, 0.05) is 6.07 Å². The van der Waals surface area contributed by atoms with E-state index in [-0.39, 0.29) is 11.7 Å². The SMILES string of the molecule is Cc1cc(NC(=O)CSc2nnnn2-c2ccc(C)c(C)c2)no1. The van der Waals surface area contributed by atoms with Crippen LogP contribution in [0.5, 0.6) is 0 Å². The summed E-state index contributed by atoms with van der Waals surface area (Å²) >= 11 is 1.25. The molecule has 0 aliphatic heterocycles. The van der Waals surface area contributed by atoms with Crippen LogP contribution in [0, 0.1) is 20.8 Å². The molecule has 0 radical (unpaired) electrons. The number of rotatable bonds is 5. The molecule has 3 rings (SSSR count). The van der Waals surface area contributed by atoms with Gasteiger partial charge in [-0.1, -0.05) is 23.0 Å². The number of carbonyl (C=O) groups excluding carboxylic acids is 1. The van der Waals surface area contributed by atoms with Crippen LogP contribution < -0.4 is 5.32 Å². The largest absolute Gasteiger partial charge is 0.360 e. The van der Waals surface area contributed by atoms with Crippen LogP contribution in [0.4, 0.5) is 5.82 Å². The zero-order chi connectivity index (χ0) is 17.1. The van der Waals surface area contributed by atoms with Gasteiger partial charge in [0.1, 0.15) is 5.76 Å². The molecule has 0 aliphatic carbocycles. The maximum Gasteiger partial charge on any atom is 0.236 e. The van der Waals surface area contributed by atoms with E-state index in [1.165, 1.54) is 17.3 Å². The molecule has 0 atom stereocenters. The van der Waals surface area contributed by atoms with Gasteiger partial charge < -0.3 is 9.84 Å². The lowest BCUT2D eigenvalue weighted by atomic mass is 10.1. The molecule has 124 valence electrons. The van der Waals surface area contributed by atoms with Crippen molar-refractivity contribution in [3.05, 3.63) is 41.2 Å². The zero-order valence-electron chi connectivity index (χ0n) is 13.5. The summed E-state index contributed by atoms with van der Waals surface area (Å²) in [5, 5.41) is 18.6. The maximum atomic E-state index is 12.0. The molecule has 0 saturated heterocycles. The van der Waals surface area contributed by atoms with Crippen molar-refractivity contribution in [1.29, 1.82) is 0 Å². The van der Waals surface area contributed by atoms with Crippen molar-refractivity contribution in [2.75, 3.05) is 11.1 Å². The Kier molecular flexibility index (Phi) is 4.61. The minimum atomic E-state index is -0.206. The first-order chi connectivity index (χ1) is 11.5. The Balaban J connectivity index is 1.67. The predicted molar refractivity (Wildman–Crippen MR) is 89.2 cm³/mol. The number of nitrogens with one attached hydrogen (secondary N) is 1. The molecule has 1 N–H and O–H groups in total. The zero-order valence-corrected chi connectivity index (χ0v) is 14.3. The van der Waals surface area contributed by atoms with Crippen LogP contribution in [0.3, 0.4) is 0 Å². The fourth-order valence-electron chi connectivity index (χ4n) is 2.02. The van der Waals surface area contributed by atoms with Crippen molar-refractivity contribution in [2.45, 2.75) is 25.9 Å². The number of anilines is 1. The quantitative estimate of drug-likeness (QED) is 0.709. The van der Waals surface area contributed by atoms with Crippen LogP contribution in [-0.2, 0) is 4.79 Å². The fraction of sp³-hybridized carbons (Fsp3) is 0.267. The lowest BCUT2D eigenvalue weighted by Gasteiger charge is -2.06. The number of thioether (sulfide) groups is 1. The first kappa shape index (κ1) is 16.2. The summed E-state index contributed by atoms with van der Waals surface area (Å²) in [5.74, 6) is 0.989. The molecule has 24 heavy (non-hydrogen) atoms. The Morgan fingerprint density at radius 1 is 1.25 bits per heavy atom. The molecular weight excluding hydrogens is 328 g/mol. The molecule has 1 aromatic carbocycles. The molecule has 0 fully saturated rings. The highest BCUT2D eigenvalue weighted by Crippen LogP contribution is 2.20. The second kappa shape index (κ2) is 6.83. The number of aryl methyl sites for hydroxylation is 3. The lowest BCUT2D eigenvalue weighted by Crippen LogP contribution is -2.14. The van der Waals surface area contributed by atoms with Gasteiger partial charge in [-0.2, -0.15) is 4.68 Å². The minimum Gasteiger partial charge on any atom is -0.360 e. The van der Waals surface area contributed by atoms with Crippen LogP contribution in [0.2, 0.25) is 0 Å². The Morgan fingerprint density at radius 2 is 2.08 bits per heavy atom. The summed E-state index contributed by atoms with van der Waals surface area (Å²) in [6.07, 6.45) is 0. The Hall–Kier alpha value is -2.68. The highest BCUT2D eigenvalue weighted by Gasteiger charge is 2.13. The molecule has 3 aromatic rings. The molecule has 9 heteroatoms. The number of amides is 1. The van der Waals surface area contributed by atoms with Crippen LogP contribution in [-0.4, -0.2) is 37.0 Å². The monoisotopic (exact) mass is 344 g/mol. The molecule has 0 spiro atoms. The minimum absolute atomic E-state index is 0.164. The molecule has 2 aromatic heterocycles. The Labute approximate surface area is 142 Å². The van der Waals surface area contributed by atoms with Gasteiger partial charge in [0.15, 0.2) is 5.82 Å². The third kappa shape index (κ3) is 3.62. The van der Waals surface area contributed by atoms with Crippen LogP contribution in [0.1, 0.15) is 16.9 Å². The van der Waals surface area contributed by atoms with Crippen LogP contribution in [0.15, 0.2) is 33.9 Å². The smallest absolute Gasteiger partial charge is 0.236 e. The van der Waals surface area contributed by atoms with Crippen molar-refractivity contribution in [3.63, 3.8) is 0 Å². The lowest BCUT2D eigenvalue weighted by molar-refractivity contribution is -0.113. The van der Waals surface area contributed by atoms with E-state index in [9.17, 15) is 4.79 Å². The molecule has 1 amide bonds. The van der Waals surface area contributed by atoms with Crippen LogP contribution in [0.25, 0.3) is 5.69 Å². The Morgan fingerprint density at radius 3 is 2.79 bits per heavy atom. The summed E-state index contributed by atoms with van der Waals surface area (Å²) in [6.45, 7) is 5.84. The summed E-state index contributed by atoms with van der Waals surface area (Å²) in [5.41, 5.74) is 3.21. The van der Waals surface area contributed by atoms with Crippen molar-refractivity contribution in [1.82, 2.24) is 25.4 Å². The number of benzene rings is 1. The molecule has 0 aliphatic rings. The molecule has 2 heterocycles. The van der Waals surface area contributed by atoms with Gasteiger partial charge in [0.05, 0.1) is 11.4 Å². The van der Waals surface area contributed by atoms with Gasteiger partial charge >= 0.3 is 0 Å². The standard InChI is InChI=1S/C15H16N6O2S/c1-9-4-5-12(6-10(9)2)21-15(17-19-20-21)24-8-14(22)16-13-7-11(3)23-18-13/h4-7H,8H2,1-3H3,(H,16,18,22). The average molecular weight is 344 g/mol. The number of hydrogen-bond acceptors (Lipinski definition) is 7. The molecule has 8 nitrogen and oxygen atoms in total. The highest BCUT2D eigenvalue weighted by molar-refractivity contribution is 7.99.